The third-order valence-corrected chi connectivity index (χ3v) is 5.53. The van der Waals surface area contributed by atoms with E-state index >= 15 is 0 Å². The summed E-state index contributed by atoms with van der Waals surface area (Å²) in [6.45, 7) is 11.6. The smallest absolute Gasteiger partial charge is 0.150 e. The van der Waals surface area contributed by atoms with E-state index in [1.165, 1.54) is 35.1 Å². The summed E-state index contributed by atoms with van der Waals surface area (Å²) in [6, 6.07) is 12.7. The Morgan fingerprint density at radius 3 is 2.13 bits per heavy atom. The van der Waals surface area contributed by atoms with Crippen molar-refractivity contribution in [3.63, 3.8) is 0 Å². The fourth-order valence-corrected chi connectivity index (χ4v) is 3.81. The van der Waals surface area contributed by atoms with Gasteiger partial charge in [-0.2, -0.15) is 0 Å². The van der Waals surface area contributed by atoms with Crippen LogP contribution in [0.3, 0.4) is 0 Å². The van der Waals surface area contributed by atoms with Crippen LogP contribution in [-0.4, -0.2) is 6.29 Å². The van der Waals surface area contributed by atoms with E-state index in [0.717, 1.165) is 17.4 Å². The van der Waals surface area contributed by atoms with Crippen LogP contribution >= 0.6 is 0 Å². The summed E-state index contributed by atoms with van der Waals surface area (Å²) >= 11 is 0. The lowest BCUT2D eigenvalue weighted by Gasteiger charge is -2.42. The second-order valence-electron chi connectivity index (χ2n) is 8.22. The maximum atomic E-state index is 11.1. The van der Waals surface area contributed by atoms with Crippen molar-refractivity contribution >= 4 is 6.29 Å². The maximum Gasteiger partial charge on any atom is 0.150 e. The molecule has 1 heteroatoms. The molecule has 0 saturated heterocycles. The molecule has 1 aliphatic carbocycles. The first-order valence-electron chi connectivity index (χ1n) is 8.46. The number of hydrogen-bond acceptors (Lipinski definition) is 1. The number of carbonyl (C=O) groups excluding carboxylic acids is 1. The minimum Gasteiger partial charge on any atom is -0.298 e. The highest BCUT2D eigenvalue weighted by molar-refractivity contribution is 5.80. The molecular weight excluding hydrogens is 280 g/mol. The zero-order valence-electron chi connectivity index (χ0n) is 14.9. The highest BCUT2D eigenvalue weighted by Gasteiger charge is 2.37. The summed E-state index contributed by atoms with van der Waals surface area (Å²) in [6.07, 6.45) is 3.36. The summed E-state index contributed by atoms with van der Waals surface area (Å²) in [7, 11) is 0. The summed E-state index contributed by atoms with van der Waals surface area (Å²) in [4.78, 5) is 11.1. The molecule has 1 aliphatic rings. The lowest BCUT2D eigenvalue weighted by Crippen LogP contribution is -2.34. The van der Waals surface area contributed by atoms with Crippen molar-refractivity contribution in [2.75, 3.05) is 0 Å². The van der Waals surface area contributed by atoms with E-state index in [-0.39, 0.29) is 10.8 Å². The normalized spacial score (nSPS) is 18.3. The van der Waals surface area contributed by atoms with Gasteiger partial charge in [-0.1, -0.05) is 58.0 Å². The summed E-state index contributed by atoms with van der Waals surface area (Å²) in [5.41, 5.74) is 7.80. The Balaban J connectivity index is 2.23. The highest BCUT2D eigenvalue weighted by atomic mass is 16.1. The predicted molar refractivity (Wildman–Crippen MR) is 97.3 cm³/mol. The Morgan fingerprint density at radius 1 is 0.913 bits per heavy atom. The van der Waals surface area contributed by atoms with Gasteiger partial charge in [0.1, 0.15) is 6.29 Å². The van der Waals surface area contributed by atoms with Gasteiger partial charge in [-0.3, -0.25) is 4.79 Å². The van der Waals surface area contributed by atoms with E-state index < -0.39 is 0 Å². The molecule has 0 spiro atoms. The molecule has 23 heavy (non-hydrogen) atoms. The van der Waals surface area contributed by atoms with E-state index in [9.17, 15) is 4.79 Å². The molecule has 0 aromatic heterocycles. The van der Waals surface area contributed by atoms with E-state index in [1.807, 2.05) is 18.2 Å². The molecule has 2 aromatic carbocycles. The molecule has 0 N–H and O–H groups in total. The lowest BCUT2D eigenvalue weighted by atomic mass is 9.62. The molecular formula is C22H26O. The van der Waals surface area contributed by atoms with Gasteiger partial charge in [-0.25, -0.2) is 0 Å². The minimum absolute atomic E-state index is 0.204. The first-order valence-corrected chi connectivity index (χ1v) is 8.46. The van der Waals surface area contributed by atoms with Crippen molar-refractivity contribution in [2.45, 2.75) is 58.3 Å². The van der Waals surface area contributed by atoms with E-state index in [2.05, 4.69) is 52.8 Å². The van der Waals surface area contributed by atoms with Crippen LogP contribution in [0.25, 0.3) is 11.1 Å². The highest BCUT2D eigenvalue weighted by Crippen LogP contribution is 2.47. The minimum atomic E-state index is 0.204. The third-order valence-electron chi connectivity index (χ3n) is 5.53. The number of hydrogen-bond donors (Lipinski definition) is 0. The van der Waals surface area contributed by atoms with E-state index in [0.29, 0.717) is 0 Å². The van der Waals surface area contributed by atoms with Crippen LogP contribution in [0.2, 0.25) is 0 Å². The zero-order chi connectivity index (χ0) is 16.8. The molecule has 2 aromatic rings. The van der Waals surface area contributed by atoms with E-state index in [4.69, 9.17) is 0 Å². The lowest BCUT2D eigenvalue weighted by molar-refractivity contribution is 0.112. The van der Waals surface area contributed by atoms with Crippen molar-refractivity contribution in [3.8, 4) is 11.1 Å². The molecule has 0 heterocycles. The summed E-state index contributed by atoms with van der Waals surface area (Å²) in [5, 5.41) is 0. The van der Waals surface area contributed by atoms with Crippen LogP contribution in [0.15, 0.2) is 36.4 Å². The Hall–Kier alpha value is -1.89. The summed E-state index contributed by atoms with van der Waals surface area (Å²) in [5.74, 6) is 0. The molecule has 0 amide bonds. The predicted octanol–water partition coefficient (Wildman–Crippen LogP) is 5.82. The van der Waals surface area contributed by atoms with Crippen molar-refractivity contribution in [2.24, 2.45) is 0 Å². The van der Waals surface area contributed by atoms with E-state index in [1.54, 1.807) is 0 Å². The quantitative estimate of drug-likeness (QED) is 0.639. The molecule has 0 aliphatic heterocycles. The van der Waals surface area contributed by atoms with Crippen LogP contribution in [0.4, 0.5) is 0 Å². The number of carbonyl (C=O) groups is 1. The number of aryl methyl sites for hydroxylation is 1. The third kappa shape index (κ3) is 2.73. The number of fused-ring (bicyclic) bond motifs is 1. The Morgan fingerprint density at radius 2 is 1.52 bits per heavy atom. The van der Waals surface area contributed by atoms with Gasteiger partial charge in [-0.05, 0) is 64.5 Å². The van der Waals surface area contributed by atoms with Gasteiger partial charge in [0.15, 0.2) is 0 Å². The monoisotopic (exact) mass is 306 g/mol. The van der Waals surface area contributed by atoms with Crippen molar-refractivity contribution < 1.29 is 4.79 Å². The first-order chi connectivity index (χ1) is 10.7. The molecule has 0 bridgehead atoms. The number of benzene rings is 2. The first kappa shape index (κ1) is 16.0. The SMILES string of the molecule is Cc1cc2c(cc1-c1cccc(C=O)c1)C(C)(C)CCC2(C)C. The molecule has 120 valence electrons. The van der Waals surface area contributed by atoms with Crippen LogP contribution in [0.5, 0.6) is 0 Å². The van der Waals surface area contributed by atoms with Crippen LogP contribution in [0.1, 0.15) is 67.6 Å². The van der Waals surface area contributed by atoms with Gasteiger partial charge >= 0.3 is 0 Å². The standard InChI is InChI=1S/C22H26O/c1-15-11-19-20(22(4,5)10-9-21(19,2)3)13-18(15)17-8-6-7-16(12-17)14-23/h6-8,11-14H,9-10H2,1-5H3. The zero-order valence-corrected chi connectivity index (χ0v) is 14.9. The molecule has 0 fully saturated rings. The molecule has 0 radical (unpaired) electrons. The topological polar surface area (TPSA) is 17.1 Å². The second-order valence-corrected chi connectivity index (χ2v) is 8.22. The fourth-order valence-electron chi connectivity index (χ4n) is 3.81. The van der Waals surface area contributed by atoms with Gasteiger partial charge in [0, 0.05) is 5.56 Å². The van der Waals surface area contributed by atoms with Gasteiger partial charge < -0.3 is 0 Å². The average Bonchev–Trinajstić information content (AvgIpc) is 2.51. The van der Waals surface area contributed by atoms with Gasteiger partial charge in [0.05, 0.1) is 0 Å². The number of rotatable bonds is 2. The van der Waals surface area contributed by atoms with Crippen LogP contribution in [-0.2, 0) is 10.8 Å². The van der Waals surface area contributed by atoms with Crippen molar-refractivity contribution in [1.29, 1.82) is 0 Å². The molecule has 0 unspecified atom stereocenters. The number of aldehydes is 1. The van der Waals surface area contributed by atoms with Gasteiger partial charge in [-0.15, -0.1) is 0 Å². The average molecular weight is 306 g/mol. The molecule has 3 rings (SSSR count). The maximum absolute atomic E-state index is 11.1. The Labute approximate surface area is 139 Å². The van der Waals surface area contributed by atoms with Crippen molar-refractivity contribution in [3.05, 3.63) is 58.7 Å². The summed E-state index contributed by atoms with van der Waals surface area (Å²) < 4.78 is 0. The largest absolute Gasteiger partial charge is 0.298 e. The molecule has 1 nitrogen and oxygen atoms in total. The second kappa shape index (κ2) is 5.33. The van der Waals surface area contributed by atoms with Crippen LogP contribution < -0.4 is 0 Å². The molecule has 0 atom stereocenters. The Kier molecular flexibility index (Phi) is 3.71. The van der Waals surface area contributed by atoms with Crippen molar-refractivity contribution in [1.82, 2.24) is 0 Å². The fraction of sp³-hybridized carbons (Fsp3) is 0.409. The van der Waals surface area contributed by atoms with Gasteiger partial charge in [0.25, 0.3) is 0 Å². The van der Waals surface area contributed by atoms with Gasteiger partial charge in [0.2, 0.25) is 0 Å². The Bertz CT molecular complexity index is 766. The van der Waals surface area contributed by atoms with Crippen LogP contribution in [0, 0.1) is 6.92 Å². The molecule has 0 saturated carbocycles.